The Morgan fingerprint density at radius 3 is 2.48 bits per heavy atom. The third kappa shape index (κ3) is 5.91. The molecule has 0 aliphatic heterocycles. The van der Waals surface area contributed by atoms with E-state index in [1.54, 1.807) is 0 Å². The van der Waals surface area contributed by atoms with Crippen molar-refractivity contribution in [1.29, 1.82) is 0 Å². The van der Waals surface area contributed by atoms with Gasteiger partial charge >= 0.3 is 12.0 Å². The molecule has 1 unspecified atom stereocenters. The highest BCUT2D eigenvalue weighted by Crippen LogP contribution is 2.32. The molecule has 1 aliphatic rings. The average molecular weight is 299 g/mol. The Kier molecular flexibility index (Phi) is 6.95. The Hall–Kier alpha value is -1.30. The van der Waals surface area contributed by atoms with Gasteiger partial charge in [-0.25, -0.2) is 4.79 Å². The molecule has 1 rings (SSSR count). The molecule has 21 heavy (non-hydrogen) atoms. The molecule has 6 nitrogen and oxygen atoms in total. The number of nitrogens with zero attached hydrogens (tertiary/aromatic N) is 1. The summed E-state index contributed by atoms with van der Waals surface area (Å²) in [4.78, 5) is 25.1. The average Bonchev–Trinajstić information content (AvgIpc) is 2.84. The van der Waals surface area contributed by atoms with Crippen LogP contribution in [0, 0.1) is 0 Å². The lowest BCUT2D eigenvalue weighted by Gasteiger charge is -2.29. The van der Waals surface area contributed by atoms with E-state index in [-0.39, 0.29) is 12.5 Å². The Morgan fingerprint density at radius 2 is 1.95 bits per heavy atom. The minimum absolute atomic E-state index is 0.00713. The number of amides is 2. The first-order chi connectivity index (χ1) is 9.88. The second-order valence-electron chi connectivity index (χ2n) is 6.18. The highest BCUT2D eigenvalue weighted by molar-refractivity contribution is 5.76. The summed E-state index contributed by atoms with van der Waals surface area (Å²) in [5.74, 6) is -0.853. The van der Waals surface area contributed by atoms with Crippen LogP contribution in [0.1, 0.15) is 52.4 Å². The van der Waals surface area contributed by atoms with Crippen LogP contribution >= 0.6 is 0 Å². The van der Waals surface area contributed by atoms with Gasteiger partial charge in [0.15, 0.2) is 0 Å². The van der Waals surface area contributed by atoms with Crippen molar-refractivity contribution < 1.29 is 14.7 Å². The maximum Gasteiger partial charge on any atom is 0.315 e. The Morgan fingerprint density at radius 1 is 1.33 bits per heavy atom. The standard InChI is InChI=1S/C15H29N3O3/c1-4-12(2)18(3)10-9-16-14(21)17-15(11-13(19)20)7-5-6-8-15/h12H,4-11H2,1-3H3,(H,19,20)(H2,16,17,21). The first-order valence-electron chi connectivity index (χ1n) is 7.86. The predicted molar refractivity (Wildman–Crippen MR) is 82.4 cm³/mol. The zero-order chi connectivity index (χ0) is 15.9. The van der Waals surface area contributed by atoms with Gasteiger partial charge in [-0.2, -0.15) is 0 Å². The quantitative estimate of drug-likeness (QED) is 0.638. The molecule has 0 aromatic carbocycles. The second-order valence-corrected chi connectivity index (χ2v) is 6.18. The molecule has 1 atom stereocenters. The molecule has 0 spiro atoms. The third-order valence-electron chi connectivity index (χ3n) is 4.52. The van der Waals surface area contributed by atoms with E-state index in [1.807, 2.05) is 7.05 Å². The number of carboxylic acid groups (broad SMARTS) is 1. The highest BCUT2D eigenvalue weighted by atomic mass is 16.4. The van der Waals surface area contributed by atoms with E-state index in [1.165, 1.54) is 0 Å². The number of hydrogen-bond donors (Lipinski definition) is 3. The van der Waals surface area contributed by atoms with E-state index < -0.39 is 11.5 Å². The summed E-state index contributed by atoms with van der Waals surface area (Å²) in [6.07, 6.45) is 4.53. The van der Waals surface area contributed by atoms with Crippen molar-refractivity contribution >= 4 is 12.0 Å². The zero-order valence-electron chi connectivity index (χ0n) is 13.4. The van der Waals surface area contributed by atoms with Gasteiger partial charge in [-0.15, -0.1) is 0 Å². The number of rotatable bonds is 8. The van der Waals surface area contributed by atoms with Crippen LogP contribution in [0.3, 0.4) is 0 Å². The number of carbonyl (C=O) groups excluding carboxylic acids is 1. The van der Waals surface area contributed by atoms with Gasteiger partial charge in [0.1, 0.15) is 0 Å². The molecule has 2 amide bonds. The van der Waals surface area contributed by atoms with Crippen molar-refractivity contribution in [1.82, 2.24) is 15.5 Å². The lowest BCUT2D eigenvalue weighted by molar-refractivity contribution is -0.138. The summed E-state index contributed by atoms with van der Waals surface area (Å²) in [5.41, 5.74) is -0.557. The number of carboxylic acids is 1. The van der Waals surface area contributed by atoms with E-state index in [2.05, 4.69) is 29.4 Å². The molecule has 0 heterocycles. The van der Waals surface area contributed by atoms with Crippen LogP contribution in [-0.2, 0) is 4.79 Å². The minimum atomic E-state index is -0.853. The number of likely N-dealkylation sites (N-methyl/N-ethyl adjacent to an activating group) is 1. The van der Waals surface area contributed by atoms with Gasteiger partial charge in [0.2, 0.25) is 0 Å². The van der Waals surface area contributed by atoms with Crippen molar-refractivity contribution in [3.05, 3.63) is 0 Å². The van der Waals surface area contributed by atoms with Crippen LogP contribution in [0.2, 0.25) is 0 Å². The number of carbonyl (C=O) groups is 2. The van der Waals surface area contributed by atoms with Crippen LogP contribution in [0.25, 0.3) is 0 Å². The summed E-state index contributed by atoms with van der Waals surface area (Å²) < 4.78 is 0. The zero-order valence-corrected chi connectivity index (χ0v) is 13.4. The fourth-order valence-electron chi connectivity index (χ4n) is 2.85. The van der Waals surface area contributed by atoms with Gasteiger partial charge in [-0.1, -0.05) is 19.8 Å². The van der Waals surface area contributed by atoms with E-state index in [0.29, 0.717) is 12.6 Å². The lowest BCUT2D eigenvalue weighted by Crippen LogP contribution is -2.52. The molecule has 1 fully saturated rings. The summed E-state index contributed by atoms with van der Waals surface area (Å²) in [6, 6.07) is 0.235. The smallest absolute Gasteiger partial charge is 0.315 e. The molecule has 1 saturated carbocycles. The van der Waals surface area contributed by atoms with Crippen molar-refractivity contribution in [3.8, 4) is 0 Å². The maximum absolute atomic E-state index is 12.0. The molecule has 0 aromatic rings. The van der Waals surface area contributed by atoms with Gasteiger partial charge in [-0.3, -0.25) is 4.79 Å². The highest BCUT2D eigenvalue weighted by Gasteiger charge is 2.37. The van der Waals surface area contributed by atoms with Crippen LogP contribution in [0.5, 0.6) is 0 Å². The largest absolute Gasteiger partial charge is 0.481 e. The first kappa shape index (κ1) is 17.8. The molecule has 0 radical (unpaired) electrons. The maximum atomic E-state index is 12.0. The molecule has 122 valence electrons. The summed E-state index contributed by atoms with van der Waals surface area (Å²) in [6.45, 7) is 5.64. The molecular weight excluding hydrogens is 270 g/mol. The molecule has 1 aliphatic carbocycles. The van der Waals surface area contributed by atoms with E-state index in [0.717, 1.165) is 38.6 Å². The molecule has 0 aromatic heterocycles. The van der Waals surface area contributed by atoms with Crippen molar-refractivity contribution in [3.63, 3.8) is 0 Å². The van der Waals surface area contributed by atoms with Crippen LogP contribution < -0.4 is 10.6 Å². The van der Waals surface area contributed by atoms with Gasteiger partial charge in [0.25, 0.3) is 0 Å². The SMILES string of the molecule is CCC(C)N(C)CCNC(=O)NC1(CC(=O)O)CCCC1. The summed E-state index contributed by atoms with van der Waals surface area (Å²) in [7, 11) is 2.04. The van der Waals surface area contributed by atoms with Crippen molar-refractivity contribution in [2.24, 2.45) is 0 Å². The van der Waals surface area contributed by atoms with Gasteiger partial charge < -0.3 is 20.6 Å². The molecule has 3 N–H and O–H groups in total. The van der Waals surface area contributed by atoms with E-state index >= 15 is 0 Å². The normalized spacial score (nSPS) is 18.5. The number of nitrogens with one attached hydrogen (secondary N) is 2. The minimum Gasteiger partial charge on any atom is -0.481 e. The number of urea groups is 1. The van der Waals surface area contributed by atoms with Crippen molar-refractivity contribution in [2.45, 2.75) is 64.0 Å². The third-order valence-corrected chi connectivity index (χ3v) is 4.52. The molecule has 6 heteroatoms. The lowest BCUT2D eigenvalue weighted by atomic mass is 9.93. The summed E-state index contributed by atoms with van der Waals surface area (Å²) in [5, 5.41) is 14.7. The predicted octanol–water partition coefficient (Wildman–Crippen LogP) is 1.80. The van der Waals surface area contributed by atoms with Crippen LogP contribution in [0.15, 0.2) is 0 Å². The number of hydrogen-bond acceptors (Lipinski definition) is 3. The van der Waals surface area contributed by atoms with Gasteiger partial charge in [-0.05, 0) is 33.2 Å². The van der Waals surface area contributed by atoms with Gasteiger partial charge in [0, 0.05) is 19.1 Å². The Bertz CT molecular complexity index is 354. The van der Waals surface area contributed by atoms with Crippen LogP contribution in [-0.4, -0.2) is 53.7 Å². The monoisotopic (exact) mass is 299 g/mol. The molecular formula is C15H29N3O3. The second kappa shape index (κ2) is 8.22. The van der Waals surface area contributed by atoms with E-state index in [4.69, 9.17) is 5.11 Å². The fourth-order valence-corrected chi connectivity index (χ4v) is 2.85. The first-order valence-corrected chi connectivity index (χ1v) is 7.86. The summed E-state index contributed by atoms with van der Waals surface area (Å²) >= 11 is 0. The Labute approximate surface area is 127 Å². The topological polar surface area (TPSA) is 81.7 Å². The number of aliphatic carboxylic acids is 1. The Balaban J connectivity index is 2.36. The van der Waals surface area contributed by atoms with Crippen molar-refractivity contribution in [2.75, 3.05) is 20.1 Å². The molecule has 0 bridgehead atoms. The van der Waals surface area contributed by atoms with E-state index in [9.17, 15) is 9.59 Å². The van der Waals surface area contributed by atoms with Crippen LogP contribution in [0.4, 0.5) is 4.79 Å². The van der Waals surface area contributed by atoms with Gasteiger partial charge in [0.05, 0.1) is 12.0 Å². The fraction of sp³-hybridized carbons (Fsp3) is 0.867. The molecule has 0 saturated heterocycles.